The summed E-state index contributed by atoms with van der Waals surface area (Å²) in [5.74, 6) is 3.00. The average molecular weight is 280 g/mol. The Bertz CT molecular complexity index is 567. The van der Waals surface area contributed by atoms with E-state index in [4.69, 9.17) is 18.0 Å². The summed E-state index contributed by atoms with van der Waals surface area (Å²) in [6.45, 7) is 5.33. The molecule has 2 rings (SSSR count). The molecule has 0 amide bonds. The van der Waals surface area contributed by atoms with Gasteiger partial charge >= 0.3 is 0 Å². The van der Waals surface area contributed by atoms with E-state index in [1.807, 2.05) is 0 Å². The first-order chi connectivity index (χ1) is 9.00. The highest BCUT2D eigenvalue weighted by atomic mass is 35.5. The van der Waals surface area contributed by atoms with Crippen LogP contribution in [-0.4, -0.2) is 16.3 Å². The molecule has 1 aliphatic rings. The fraction of sp³-hybridized carbons (Fsp3) is 0.571. The molecular formula is C14H18ClN3O. The lowest BCUT2D eigenvalue weighted by molar-refractivity contribution is 0.380. The summed E-state index contributed by atoms with van der Waals surface area (Å²) in [6, 6.07) is 0. The largest absolute Gasteiger partial charge is 0.379 e. The minimum absolute atomic E-state index is 0.153. The SMILES string of the molecule is C#CCn1ncc(Cl)c(NCC2(C(C)C)CC2)c1=O. The van der Waals surface area contributed by atoms with E-state index in [-0.39, 0.29) is 12.1 Å². The second kappa shape index (κ2) is 5.26. The Hall–Kier alpha value is -1.47. The molecule has 0 bridgehead atoms. The Morgan fingerprint density at radius 2 is 2.32 bits per heavy atom. The first-order valence-electron chi connectivity index (χ1n) is 6.43. The maximum absolute atomic E-state index is 12.1. The van der Waals surface area contributed by atoms with E-state index in [0.29, 0.717) is 22.0 Å². The van der Waals surface area contributed by atoms with E-state index in [1.165, 1.54) is 23.7 Å². The van der Waals surface area contributed by atoms with Crippen LogP contribution in [0.3, 0.4) is 0 Å². The van der Waals surface area contributed by atoms with Gasteiger partial charge in [-0.1, -0.05) is 31.4 Å². The number of rotatable bonds is 5. The van der Waals surface area contributed by atoms with Gasteiger partial charge in [-0.2, -0.15) is 5.10 Å². The van der Waals surface area contributed by atoms with Crippen molar-refractivity contribution < 1.29 is 0 Å². The normalized spacial score (nSPS) is 16.2. The lowest BCUT2D eigenvalue weighted by Gasteiger charge is -2.21. The molecule has 0 radical (unpaired) electrons. The quantitative estimate of drug-likeness (QED) is 0.842. The Kier molecular flexibility index (Phi) is 3.86. The number of aromatic nitrogens is 2. The van der Waals surface area contributed by atoms with Gasteiger partial charge in [-0.05, 0) is 24.2 Å². The summed E-state index contributed by atoms with van der Waals surface area (Å²) in [6.07, 6.45) is 9.05. The van der Waals surface area contributed by atoms with E-state index in [2.05, 4.69) is 30.2 Å². The molecule has 19 heavy (non-hydrogen) atoms. The zero-order chi connectivity index (χ0) is 14.0. The van der Waals surface area contributed by atoms with E-state index in [0.717, 1.165) is 6.54 Å². The second-order valence-electron chi connectivity index (χ2n) is 5.41. The van der Waals surface area contributed by atoms with Gasteiger partial charge in [-0.25, -0.2) is 4.68 Å². The van der Waals surface area contributed by atoms with E-state index < -0.39 is 0 Å². The monoisotopic (exact) mass is 279 g/mol. The maximum atomic E-state index is 12.1. The van der Waals surface area contributed by atoms with Crippen LogP contribution in [-0.2, 0) is 6.54 Å². The molecule has 0 spiro atoms. The van der Waals surface area contributed by atoms with Crippen molar-refractivity contribution in [1.29, 1.82) is 0 Å². The Morgan fingerprint density at radius 3 is 2.84 bits per heavy atom. The molecule has 4 nitrogen and oxygen atoms in total. The third kappa shape index (κ3) is 2.76. The Balaban J connectivity index is 2.19. The molecule has 0 aliphatic heterocycles. The standard InChI is InChI=1S/C14H18ClN3O/c1-4-7-18-13(19)12(11(15)8-17-18)16-9-14(5-6-14)10(2)3/h1,8,10,16H,5-7,9H2,2-3H3. The van der Waals surface area contributed by atoms with Crippen molar-refractivity contribution in [1.82, 2.24) is 9.78 Å². The topological polar surface area (TPSA) is 46.9 Å². The highest BCUT2D eigenvalue weighted by Crippen LogP contribution is 2.51. The average Bonchev–Trinajstić information content (AvgIpc) is 3.14. The summed E-state index contributed by atoms with van der Waals surface area (Å²) in [5, 5.41) is 7.45. The van der Waals surface area contributed by atoms with Gasteiger partial charge in [0.15, 0.2) is 0 Å². The third-order valence-corrected chi connectivity index (χ3v) is 4.26. The van der Waals surface area contributed by atoms with Crippen molar-refractivity contribution in [3.05, 3.63) is 21.6 Å². The van der Waals surface area contributed by atoms with Gasteiger partial charge in [0.1, 0.15) is 12.2 Å². The van der Waals surface area contributed by atoms with Gasteiger partial charge in [-0.3, -0.25) is 4.79 Å². The van der Waals surface area contributed by atoms with Gasteiger partial charge in [0.05, 0.1) is 11.2 Å². The van der Waals surface area contributed by atoms with Crippen molar-refractivity contribution >= 4 is 17.3 Å². The molecule has 1 fully saturated rings. The van der Waals surface area contributed by atoms with Crippen molar-refractivity contribution in [2.24, 2.45) is 11.3 Å². The van der Waals surface area contributed by atoms with Crippen LogP contribution in [0, 0.1) is 23.7 Å². The highest BCUT2D eigenvalue weighted by molar-refractivity contribution is 6.33. The molecule has 0 unspecified atom stereocenters. The number of halogens is 1. The van der Waals surface area contributed by atoms with Crippen molar-refractivity contribution in [3.63, 3.8) is 0 Å². The first-order valence-corrected chi connectivity index (χ1v) is 6.81. The summed E-state index contributed by atoms with van der Waals surface area (Å²) in [4.78, 5) is 12.1. The molecule has 0 aromatic carbocycles. The zero-order valence-electron chi connectivity index (χ0n) is 11.2. The Labute approximate surface area is 118 Å². The third-order valence-electron chi connectivity index (χ3n) is 3.97. The number of nitrogens with zero attached hydrogens (tertiary/aromatic N) is 2. The van der Waals surface area contributed by atoms with Crippen molar-refractivity contribution in [2.45, 2.75) is 33.2 Å². The number of hydrogen-bond donors (Lipinski definition) is 1. The van der Waals surface area contributed by atoms with Crippen molar-refractivity contribution in [2.75, 3.05) is 11.9 Å². The lowest BCUT2D eigenvalue weighted by Crippen LogP contribution is -2.29. The number of hydrogen-bond acceptors (Lipinski definition) is 3. The fourth-order valence-electron chi connectivity index (χ4n) is 2.21. The van der Waals surface area contributed by atoms with Gasteiger partial charge in [-0.15, -0.1) is 6.42 Å². The van der Waals surface area contributed by atoms with Crippen LogP contribution in [0.5, 0.6) is 0 Å². The molecule has 1 heterocycles. The number of nitrogens with one attached hydrogen (secondary N) is 1. The van der Waals surface area contributed by atoms with Crippen LogP contribution in [0.15, 0.2) is 11.0 Å². The fourth-order valence-corrected chi connectivity index (χ4v) is 2.40. The zero-order valence-corrected chi connectivity index (χ0v) is 12.0. The molecule has 102 valence electrons. The molecule has 1 saturated carbocycles. The Morgan fingerprint density at radius 1 is 1.63 bits per heavy atom. The van der Waals surface area contributed by atoms with Gasteiger partial charge in [0, 0.05) is 6.54 Å². The van der Waals surface area contributed by atoms with Crippen LogP contribution in [0.1, 0.15) is 26.7 Å². The molecule has 1 aromatic heterocycles. The number of anilines is 1. The van der Waals surface area contributed by atoms with E-state index in [1.54, 1.807) is 0 Å². The van der Waals surface area contributed by atoms with E-state index >= 15 is 0 Å². The smallest absolute Gasteiger partial charge is 0.292 e. The van der Waals surface area contributed by atoms with E-state index in [9.17, 15) is 4.79 Å². The van der Waals surface area contributed by atoms with Crippen LogP contribution in [0.4, 0.5) is 5.69 Å². The molecule has 1 aliphatic carbocycles. The predicted molar refractivity (Wildman–Crippen MR) is 77.3 cm³/mol. The molecule has 5 heteroatoms. The lowest BCUT2D eigenvalue weighted by atomic mass is 9.92. The molecule has 0 saturated heterocycles. The molecule has 0 atom stereocenters. The van der Waals surface area contributed by atoms with Crippen LogP contribution in [0.25, 0.3) is 0 Å². The van der Waals surface area contributed by atoms with Crippen LogP contribution in [0.2, 0.25) is 5.02 Å². The molecular weight excluding hydrogens is 262 g/mol. The van der Waals surface area contributed by atoms with Crippen LogP contribution >= 0.6 is 11.6 Å². The van der Waals surface area contributed by atoms with Gasteiger partial charge in [0.2, 0.25) is 0 Å². The molecule has 1 N–H and O–H groups in total. The number of terminal acetylenes is 1. The van der Waals surface area contributed by atoms with Gasteiger partial charge < -0.3 is 5.32 Å². The predicted octanol–water partition coefficient (Wildman–Crippen LogP) is 2.38. The summed E-state index contributed by atoms with van der Waals surface area (Å²) in [5.41, 5.74) is 0.444. The summed E-state index contributed by atoms with van der Waals surface area (Å²) >= 11 is 6.04. The van der Waals surface area contributed by atoms with Crippen molar-refractivity contribution in [3.8, 4) is 12.3 Å². The second-order valence-corrected chi connectivity index (χ2v) is 5.81. The highest BCUT2D eigenvalue weighted by Gasteiger charge is 2.45. The first kappa shape index (κ1) is 14.0. The minimum Gasteiger partial charge on any atom is -0.379 e. The molecule has 1 aromatic rings. The minimum atomic E-state index is -0.259. The van der Waals surface area contributed by atoms with Gasteiger partial charge in [0.25, 0.3) is 5.56 Å². The van der Waals surface area contributed by atoms with Crippen LogP contribution < -0.4 is 10.9 Å². The summed E-state index contributed by atoms with van der Waals surface area (Å²) in [7, 11) is 0. The maximum Gasteiger partial charge on any atom is 0.292 e. The summed E-state index contributed by atoms with van der Waals surface area (Å²) < 4.78 is 1.24.